The van der Waals surface area contributed by atoms with Crippen LogP contribution in [0.25, 0.3) is 0 Å². The van der Waals surface area contributed by atoms with Gasteiger partial charge in [-0.05, 0) is 56.2 Å². The van der Waals surface area contributed by atoms with Crippen molar-refractivity contribution in [1.82, 2.24) is 14.9 Å². The summed E-state index contributed by atoms with van der Waals surface area (Å²) in [5.41, 5.74) is 3.27. The fourth-order valence-corrected chi connectivity index (χ4v) is 3.55. The molecule has 0 saturated heterocycles. The van der Waals surface area contributed by atoms with E-state index in [0.717, 1.165) is 11.3 Å². The molecular formula is C24H22ClFN4O3. The Balaban J connectivity index is 1.47. The van der Waals surface area contributed by atoms with Gasteiger partial charge >= 0.3 is 0 Å². The number of aromatic nitrogens is 3. The Morgan fingerprint density at radius 3 is 2.76 bits per heavy atom. The number of nitrogens with zero attached hydrogens (tertiary/aromatic N) is 3. The minimum absolute atomic E-state index is 0.133. The lowest BCUT2D eigenvalue weighted by Gasteiger charge is -2.07. The van der Waals surface area contributed by atoms with E-state index in [9.17, 15) is 9.18 Å². The monoisotopic (exact) mass is 468 g/mol. The summed E-state index contributed by atoms with van der Waals surface area (Å²) in [5, 5.41) is 11.4. The molecule has 0 radical (unpaired) electrons. The van der Waals surface area contributed by atoms with Crippen LogP contribution in [0.1, 0.15) is 38.6 Å². The van der Waals surface area contributed by atoms with E-state index in [0.29, 0.717) is 40.0 Å². The molecule has 0 fully saturated rings. The third kappa shape index (κ3) is 5.23. The first kappa shape index (κ1) is 22.5. The predicted molar refractivity (Wildman–Crippen MR) is 122 cm³/mol. The van der Waals surface area contributed by atoms with Crippen molar-refractivity contribution in [2.75, 3.05) is 5.32 Å². The lowest BCUT2D eigenvalue weighted by molar-refractivity contribution is 0.101. The number of anilines is 1. The number of aryl methyl sites for hydroxylation is 3. The van der Waals surface area contributed by atoms with Gasteiger partial charge in [-0.2, -0.15) is 5.10 Å². The third-order valence-corrected chi connectivity index (χ3v) is 5.48. The van der Waals surface area contributed by atoms with E-state index in [2.05, 4.69) is 15.6 Å². The number of carbonyl (C=O) groups is 1. The van der Waals surface area contributed by atoms with Gasteiger partial charge in [-0.25, -0.2) is 4.39 Å². The van der Waals surface area contributed by atoms with Crippen molar-refractivity contribution >= 4 is 23.3 Å². The first-order chi connectivity index (χ1) is 15.8. The summed E-state index contributed by atoms with van der Waals surface area (Å²) in [5.74, 6) is 0.677. The molecule has 170 valence electrons. The highest BCUT2D eigenvalue weighted by Gasteiger charge is 2.22. The third-order valence-electron chi connectivity index (χ3n) is 5.13. The average Bonchev–Trinajstić information content (AvgIpc) is 3.30. The van der Waals surface area contributed by atoms with Gasteiger partial charge in [0.05, 0.1) is 12.1 Å². The number of hydrogen-bond donors (Lipinski definition) is 1. The molecule has 1 N–H and O–H groups in total. The molecule has 0 bridgehead atoms. The Hall–Kier alpha value is -3.65. The smallest absolute Gasteiger partial charge is 0.279 e. The van der Waals surface area contributed by atoms with Crippen molar-refractivity contribution in [2.24, 2.45) is 0 Å². The lowest BCUT2D eigenvalue weighted by Crippen LogP contribution is -2.16. The molecule has 2 aromatic carbocycles. The van der Waals surface area contributed by atoms with Gasteiger partial charge < -0.3 is 14.6 Å². The molecule has 7 nitrogen and oxygen atoms in total. The first-order valence-electron chi connectivity index (χ1n) is 10.2. The van der Waals surface area contributed by atoms with E-state index < -0.39 is 11.7 Å². The van der Waals surface area contributed by atoms with Gasteiger partial charge in [-0.1, -0.05) is 35.0 Å². The van der Waals surface area contributed by atoms with Crippen LogP contribution in [0.2, 0.25) is 5.02 Å². The number of carbonyl (C=O) groups excluding carboxylic acids is 1. The van der Waals surface area contributed by atoms with Crippen LogP contribution in [0, 0.1) is 26.6 Å². The lowest BCUT2D eigenvalue weighted by atomic mass is 10.2. The van der Waals surface area contributed by atoms with E-state index in [1.165, 1.54) is 12.1 Å². The quantitative estimate of drug-likeness (QED) is 0.389. The Morgan fingerprint density at radius 1 is 1.18 bits per heavy atom. The normalized spacial score (nSPS) is 10.9. The van der Waals surface area contributed by atoms with Gasteiger partial charge in [0, 0.05) is 16.8 Å². The largest absolute Gasteiger partial charge is 0.489 e. The number of halogens is 2. The summed E-state index contributed by atoms with van der Waals surface area (Å²) >= 11 is 6.12. The number of rotatable bonds is 7. The molecule has 0 aliphatic carbocycles. The number of ether oxygens (including phenoxy) is 1. The van der Waals surface area contributed by atoms with Gasteiger partial charge in [0.1, 0.15) is 23.9 Å². The Morgan fingerprint density at radius 2 is 2.00 bits per heavy atom. The van der Waals surface area contributed by atoms with Crippen molar-refractivity contribution in [1.29, 1.82) is 0 Å². The number of amides is 1. The molecule has 2 heterocycles. The maximum absolute atomic E-state index is 13.3. The predicted octanol–water partition coefficient (Wildman–Crippen LogP) is 5.47. The van der Waals surface area contributed by atoms with Crippen LogP contribution in [0.4, 0.5) is 10.2 Å². The zero-order chi connectivity index (χ0) is 23.5. The SMILES string of the molecule is Cc1cccc(OCc2c(C(=O)Nc3cc(C)n(Cc4ccc(F)cc4Cl)n3)noc2C)c1. The number of hydrogen-bond acceptors (Lipinski definition) is 5. The summed E-state index contributed by atoms with van der Waals surface area (Å²) in [6, 6.07) is 13.6. The molecule has 4 aromatic rings. The minimum atomic E-state index is -0.459. The number of nitrogens with one attached hydrogen (secondary N) is 1. The van der Waals surface area contributed by atoms with Crippen molar-refractivity contribution in [3.8, 4) is 5.75 Å². The molecule has 9 heteroatoms. The van der Waals surface area contributed by atoms with E-state index in [1.807, 2.05) is 38.1 Å². The van der Waals surface area contributed by atoms with Gasteiger partial charge in [-0.15, -0.1) is 0 Å². The zero-order valence-corrected chi connectivity index (χ0v) is 19.1. The van der Waals surface area contributed by atoms with E-state index in [4.69, 9.17) is 20.9 Å². The molecule has 0 aliphatic heterocycles. The van der Waals surface area contributed by atoms with Gasteiger partial charge in [-0.3, -0.25) is 9.48 Å². The zero-order valence-electron chi connectivity index (χ0n) is 18.4. The summed E-state index contributed by atoms with van der Waals surface area (Å²) in [6.07, 6.45) is 0. The van der Waals surface area contributed by atoms with E-state index in [1.54, 1.807) is 23.7 Å². The molecule has 4 rings (SSSR count). The summed E-state index contributed by atoms with van der Waals surface area (Å²) in [6.45, 7) is 6.02. The molecule has 0 atom stereocenters. The van der Waals surface area contributed by atoms with Gasteiger partial charge in [0.15, 0.2) is 11.5 Å². The molecule has 0 aliphatic rings. The molecule has 1 amide bonds. The fraction of sp³-hybridized carbons (Fsp3) is 0.208. The average molecular weight is 469 g/mol. The number of benzene rings is 2. The van der Waals surface area contributed by atoms with Gasteiger partial charge in [0.2, 0.25) is 0 Å². The van der Waals surface area contributed by atoms with Crippen LogP contribution in [0.15, 0.2) is 53.1 Å². The molecule has 0 saturated carbocycles. The molecule has 2 aromatic heterocycles. The van der Waals surface area contributed by atoms with Crippen LogP contribution >= 0.6 is 11.6 Å². The second kappa shape index (κ2) is 9.46. The summed E-state index contributed by atoms with van der Waals surface area (Å²) in [7, 11) is 0. The van der Waals surface area contributed by atoms with E-state index >= 15 is 0 Å². The first-order valence-corrected chi connectivity index (χ1v) is 10.6. The van der Waals surface area contributed by atoms with Gasteiger partial charge in [0.25, 0.3) is 5.91 Å². The second-order valence-electron chi connectivity index (χ2n) is 7.69. The van der Waals surface area contributed by atoms with Crippen LogP contribution in [0.5, 0.6) is 5.75 Å². The summed E-state index contributed by atoms with van der Waals surface area (Å²) in [4.78, 5) is 12.9. The fourth-order valence-electron chi connectivity index (χ4n) is 3.32. The van der Waals surface area contributed by atoms with Crippen molar-refractivity contribution < 1.29 is 18.4 Å². The maximum Gasteiger partial charge on any atom is 0.279 e. The topological polar surface area (TPSA) is 82.2 Å². The Labute approximate surface area is 195 Å². The maximum atomic E-state index is 13.3. The highest BCUT2D eigenvalue weighted by Crippen LogP contribution is 2.22. The van der Waals surface area contributed by atoms with Crippen LogP contribution in [0.3, 0.4) is 0 Å². The van der Waals surface area contributed by atoms with Crippen LogP contribution in [-0.2, 0) is 13.2 Å². The standard InChI is InChI=1S/C24H22ClFN4O3/c1-14-5-4-6-19(9-14)32-13-20-16(3)33-29-23(20)24(31)27-22-10-15(2)30(28-22)12-17-7-8-18(26)11-21(17)25/h4-11H,12-13H2,1-3H3,(H,27,28,31). The Kier molecular flexibility index (Phi) is 6.46. The van der Waals surface area contributed by atoms with Crippen molar-refractivity contribution in [2.45, 2.75) is 33.9 Å². The summed E-state index contributed by atoms with van der Waals surface area (Å²) < 4.78 is 26.0. The van der Waals surface area contributed by atoms with E-state index in [-0.39, 0.29) is 12.3 Å². The molecule has 0 unspecified atom stereocenters. The van der Waals surface area contributed by atoms with Crippen molar-refractivity contribution in [3.63, 3.8) is 0 Å². The van der Waals surface area contributed by atoms with Crippen LogP contribution in [-0.4, -0.2) is 20.8 Å². The highest BCUT2D eigenvalue weighted by atomic mass is 35.5. The molecule has 0 spiro atoms. The van der Waals surface area contributed by atoms with Crippen molar-refractivity contribution in [3.05, 3.63) is 93.2 Å². The molecule has 33 heavy (non-hydrogen) atoms. The highest BCUT2D eigenvalue weighted by molar-refractivity contribution is 6.31. The molecular weight excluding hydrogens is 447 g/mol. The Bertz CT molecular complexity index is 1320. The van der Waals surface area contributed by atoms with Crippen LogP contribution < -0.4 is 10.1 Å². The minimum Gasteiger partial charge on any atom is -0.489 e. The second-order valence-corrected chi connectivity index (χ2v) is 8.10.